The number of hydrogen-bond donors (Lipinski definition) is 2. The molecule has 0 atom stereocenters. The number of carbonyl (C=O) groups is 1. The van der Waals surface area contributed by atoms with Crippen molar-refractivity contribution in [1.82, 2.24) is 15.2 Å². The summed E-state index contributed by atoms with van der Waals surface area (Å²) in [4.78, 5) is 10.6. The molecule has 104 valence electrons. The summed E-state index contributed by atoms with van der Waals surface area (Å²) in [5.41, 5.74) is 8.88. The van der Waals surface area contributed by atoms with Gasteiger partial charge in [-0.15, -0.1) is 0 Å². The Balaban J connectivity index is 2.42. The van der Waals surface area contributed by atoms with Crippen LogP contribution in [0.25, 0.3) is 5.69 Å². The average Bonchev–Trinajstić information content (AvgIpc) is 2.67. The Kier molecular flexibility index (Phi) is 4.26. The highest BCUT2D eigenvalue weighted by Crippen LogP contribution is 2.26. The van der Waals surface area contributed by atoms with Crippen molar-refractivity contribution < 1.29 is 4.79 Å². The Morgan fingerprint density at radius 1 is 1.45 bits per heavy atom. The van der Waals surface area contributed by atoms with Gasteiger partial charge in [0.05, 0.1) is 28.2 Å². The Labute approximate surface area is 125 Å². The standard InChI is InChI=1S/C12H11Cl2N5O/c1-7-8(6-16-17-12(15)20)11(14)19(18-7)10-5-3-2-4-9(10)13/h2-6H,1H3,(H3,15,17,20)/b16-6-. The Morgan fingerprint density at radius 2 is 2.15 bits per heavy atom. The van der Waals surface area contributed by atoms with E-state index >= 15 is 0 Å². The number of halogens is 2. The monoisotopic (exact) mass is 311 g/mol. The molecule has 2 aromatic rings. The van der Waals surface area contributed by atoms with E-state index in [4.69, 9.17) is 28.9 Å². The van der Waals surface area contributed by atoms with Gasteiger partial charge in [-0.3, -0.25) is 0 Å². The van der Waals surface area contributed by atoms with E-state index in [0.717, 1.165) is 0 Å². The van der Waals surface area contributed by atoms with Crippen LogP contribution in [0.2, 0.25) is 10.2 Å². The largest absolute Gasteiger partial charge is 0.350 e. The Bertz CT molecular complexity index is 680. The third-order valence-corrected chi connectivity index (χ3v) is 3.18. The summed E-state index contributed by atoms with van der Waals surface area (Å²) in [5.74, 6) is 0. The van der Waals surface area contributed by atoms with Crippen molar-refractivity contribution in [3.05, 3.63) is 45.7 Å². The smallest absolute Gasteiger partial charge is 0.332 e. The molecule has 6 nitrogen and oxygen atoms in total. The van der Waals surface area contributed by atoms with Crippen molar-refractivity contribution >= 4 is 35.4 Å². The lowest BCUT2D eigenvalue weighted by molar-refractivity contribution is 0.249. The van der Waals surface area contributed by atoms with E-state index < -0.39 is 6.03 Å². The van der Waals surface area contributed by atoms with Crippen LogP contribution in [0.4, 0.5) is 4.79 Å². The number of hydrazone groups is 1. The van der Waals surface area contributed by atoms with Crippen LogP contribution in [0.15, 0.2) is 29.4 Å². The molecular formula is C12H11Cl2N5O. The zero-order chi connectivity index (χ0) is 14.7. The minimum Gasteiger partial charge on any atom is -0.350 e. The van der Waals surface area contributed by atoms with Crippen molar-refractivity contribution in [1.29, 1.82) is 0 Å². The first kappa shape index (κ1) is 14.4. The minimum atomic E-state index is -0.756. The molecule has 0 aliphatic heterocycles. The van der Waals surface area contributed by atoms with E-state index in [1.807, 2.05) is 12.1 Å². The lowest BCUT2D eigenvalue weighted by atomic mass is 10.3. The van der Waals surface area contributed by atoms with Crippen LogP contribution in [0.5, 0.6) is 0 Å². The number of rotatable bonds is 3. The Morgan fingerprint density at radius 3 is 2.80 bits per heavy atom. The first-order chi connectivity index (χ1) is 9.50. The number of hydrogen-bond acceptors (Lipinski definition) is 3. The van der Waals surface area contributed by atoms with Crippen LogP contribution in [-0.4, -0.2) is 22.0 Å². The van der Waals surface area contributed by atoms with Crippen LogP contribution >= 0.6 is 23.2 Å². The third-order valence-electron chi connectivity index (χ3n) is 2.50. The molecular weight excluding hydrogens is 301 g/mol. The fraction of sp³-hybridized carbons (Fsp3) is 0.0833. The molecule has 2 amide bonds. The molecule has 8 heteroatoms. The SMILES string of the molecule is Cc1nn(-c2ccccc2Cl)c(Cl)c1/C=N\NC(N)=O. The summed E-state index contributed by atoms with van der Waals surface area (Å²) in [7, 11) is 0. The van der Waals surface area contributed by atoms with Crippen LogP contribution in [0, 0.1) is 6.92 Å². The highest BCUT2D eigenvalue weighted by Gasteiger charge is 2.14. The second-order valence-electron chi connectivity index (χ2n) is 3.89. The van der Waals surface area contributed by atoms with Crippen molar-refractivity contribution in [3.63, 3.8) is 0 Å². The molecule has 1 heterocycles. The molecule has 1 aromatic heterocycles. The molecule has 0 fully saturated rings. The van der Waals surface area contributed by atoms with Crippen molar-refractivity contribution in [2.45, 2.75) is 6.92 Å². The normalized spacial score (nSPS) is 10.9. The van der Waals surface area contributed by atoms with Crippen LogP contribution in [-0.2, 0) is 0 Å². The van der Waals surface area contributed by atoms with Crippen LogP contribution < -0.4 is 11.2 Å². The molecule has 1 aromatic carbocycles. The van der Waals surface area contributed by atoms with Gasteiger partial charge in [0, 0.05) is 0 Å². The number of urea groups is 1. The maximum Gasteiger partial charge on any atom is 0.332 e. The number of amides is 2. The number of carbonyl (C=O) groups excluding carboxylic acids is 1. The zero-order valence-electron chi connectivity index (χ0n) is 10.5. The molecule has 0 spiro atoms. The van der Waals surface area contributed by atoms with Gasteiger partial charge in [-0.05, 0) is 19.1 Å². The summed E-state index contributed by atoms with van der Waals surface area (Å²) in [6.45, 7) is 1.77. The number of nitrogens with zero attached hydrogens (tertiary/aromatic N) is 3. The number of para-hydroxylation sites is 1. The van der Waals surface area contributed by atoms with E-state index in [-0.39, 0.29) is 0 Å². The molecule has 0 bridgehead atoms. The van der Waals surface area contributed by atoms with Gasteiger partial charge < -0.3 is 5.73 Å². The quantitative estimate of drug-likeness (QED) is 0.674. The lowest BCUT2D eigenvalue weighted by Crippen LogP contribution is -2.24. The van der Waals surface area contributed by atoms with Gasteiger partial charge in [0.25, 0.3) is 0 Å². The number of benzene rings is 1. The molecule has 20 heavy (non-hydrogen) atoms. The second-order valence-corrected chi connectivity index (χ2v) is 4.65. The predicted molar refractivity (Wildman–Crippen MR) is 78.6 cm³/mol. The van der Waals surface area contributed by atoms with Gasteiger partial charge in [0.2, 0.25) is 0 Å². The Hall–Kier alpha value is -2.05. The number of aryl methyl sites for hydroxylation is 1. The van der Waals surface area contributed by atoms with Gasteiger partial charge in [-0.1, -0.05) is 35.3 Å². The molecule has 0 saturated heterocycles. The molecule has 0 aliphatic carbocycles. The zero-order valence-corrected chi connectivity index (χ0v) is 12.0. The molecule has 2 rings (SSSR count). The van der Waals surface area contributed by atoms with Gasteiger partial charge in [0.1, 0.15) is 5.15 Å². The highest BCUT2D eigenvalue weighted by atomic mass is 35.5. The third kappa shape index (κ3) is 2.92. The van der Waals surface area contributed by atoms with Crippen LogP contribution in [0.3, 0.4) is 0 Å². The first-order valence-corrected chi connectivity index (χ1v) is 6.35. The van der Waals surface area contributed by atoms with Gasteiger partial charge in [0.15, 0.2) is 0 Å². The number of nitrogens with two attached hydrogens (primary N) is 1. The maximum absolute atomic E-state index is 10.6. The molecule has 0 saturated carbocycles. The minimum absolute atomic E-state index is 0.339. The fourth-order valence-corrected chi connectivity index (χ4v) is 2.13. The van der Waals surface area contributed by atoms with Crippen molar-refractivity contribution in [3.8, 4) is 5.69 Å². The van der Waals surface area contributed by atoms with Crippen molar-refractivity contribution in [2.24, 2.45) is 10.8 Å². The molecule has 0 aliphatic rings. The number of aromatic nitrogens is 2. The average molecular weight is 312 g/mol. The molecule has 3 N–H and O–H groups in total. The second kappa shape index (κ2) is 5.94. The summed E-state index contributed by atoms with van der Waals surface area (Å²) in [6, 6.07) is 6.43. The van der Waals surface area contributed by atoms with Gasteiger partial charge in [-0.25, -0.2) is 14.9 Å². The lowest BCUT2D eigenvalue weighted by Gasteiger charge is -2.04. The van der Waals surface area contributed by atoms with E-state index in [1.54, 1.807) is 19.1 Å². The van der Waals surface area contributed by atoms with Gasteiger partial charge >= 0.3 is 6.03 Å². The fourth-order valence-electron chi connectivity index (χ4n) is 1.60. The summed E-state index contributed by atoms with van der Waals surface area (Å²) < 4.78 is 1.50. The predicted octanol–water partition coefficient (Wildman–Crippen LogP) is 2.49. The number of nitrogens with one attached hydrogen (secondary N) is 1. The summed E-state index contributed by atoms with van der Waals surface area (Å²) in [6.07, 6.45) is 1.38. The summed E-state index contributed by atoms with van der Waals surface area (Å²) in [5, 5.41) is 8.84. The molecule has 0 radical (unpaired) electrons. The van der Waals surface area contributed by atoms with Crippen LogP contribution in [0.1, 0.15) is 11.3 Å². The number of primary amides is 1. The molecule has 0 unspecified atom stereocenters. The van der Waals surface area contributed by atoms with Crippen molar-refractivity contribution in [2.75, 3.05) is 0 Å². The van der Waals surface area contributed by atoms with E-state index in [1.165, 1.54) is 10.9 Å². The topological polar surface area (TPSA) is 85.3 Å². The van der Waals surface area contributed by atoms with E-state index in [9.17, 15) is 4.79 Å². The van der Waals surface area contributed by atoms with E-state index in [0.29, 0.717) is 27.1 Å². The van der Waals surface area contributed by atoms with E-state index in [2.05, 4.69) is 15.6 Å². The summed E-state index contributed by atoms with van der Waals surface area (Å²) >= 11 is 12.4. The first-order valence-electron chi connectivity index (χ1n) is 5.59. The maximum atomic E-state index is 10.6. The van der Waals surface area contributed by atoms with Gasteiger partial charge in [-0.2, -0.15) is 10.2 Å². The highest BCUT2D eigenvalue weighted by molar-refractivity contribution is 6.34.